The van der Waals surface area contributed by atoms with Crippen LogP contribution in [0.15, 0.2) is 47.9 Å². The van der Waals surface area contributed by atoms with Gasteiger partial charge < -0.3 is 0 Å². The summed E-state index contributed by atoms with van der Waals surface area (Å²) in [5, 5.41) is 9.64. The minimum absolute atomic E-state index is 0.541. The molecule has 18 heavy (non-hydrogen) atoms. The molecule has 0 fully saturated rings. The number of hydrogen-bond donors (Lipinski definition) is 0. The molecule has 3 aromatic heterocycles. The van der Waals surface area contributed by atoms with Crippen LogP contribution in [-0.4, -0.2) is 19.6 Å². The lowest BCUT2D eigenvalue weighted by Gasteiger charge is -2.01. The summed E-state index contributed by atoms with van der Waals surface area (Å²) in [4.78, 5) is 4.05. The fraction of sp³-hybridized carbons (Fsp3) is 0.0833. The molecular formula is C12H9ClN4S. The molecular weight excluding hydrogens is 268 g/mol. The van der Waals surface area contributed by atoms with E-state index in [1.54, 1.807) is 18.0 Å². The van der Waals surface area contributed by atoms with Crippen molar-refractivity contribution in [3.63, 3.8) is 0 Å². The van der Waals surface area contributed by atoms with Crippen molar-refractivity contribution in [3.8, 4) is 0 Å². The Hall–Kier alpha value is -1.59. The molecule has 0 saturated heterocycles. The van der Waals surface area contributed by atoms with E-state index in [0.29, 0.717) is 5.15 Å². The predicted molar refractivity (Wildman–Crippen MR) is 71.8 cm³/mol. The molecule has 3 rings (SSSR count). The highest BCUT2D eigenvalue weighted by molar-refractivity contribution is 7.98. The van der Waals surface area contributed by atoms with Crippen LogP contribution in [0.4, 0.5) is 0 Å². The summed E-state index contributed by atoms with van der Waals surface area (Å²) in [5.41, 5.74) is 1.84. The summed E-state index contributed by atoms with van der Waals surface area (Å²) in [5.74, 6) is 0.725. The van der Waals surface area contributed by atoms with Gasteiger partial charge in [0.25, 0.3) is 0 Å². The first kappa shape index (κ1) is 11.5. The lowest BCUT2D eigenvalue weighted by Crippen LogP contribution is -1.89. The average Bonchev–Trinajstić information content (AvgIpc) is 2.81. The lowest BCUT2D eigenvalue weighted by atomic mass is 10.3. The first-order chi connectivity index (χ1) is 8.84. The fourth-order valence-electron chi connectivity index (χ4n) is 1.59. The van der Waals surface area contributed by atoms with E-state index in [0.717, 1.165) is 22.1 Å². The molecule has 0 atom stereocenters. The van der Waals surface area contributed by atoms with Gasteiger partial charge in [-0.1, -0.05) is 35.5 Å². The Morgan fingerprint density at radius 3 is 3.00 bits per heavy atom. The third kappa shape index (κ3) is 2.19. The minimum atomic E-state index is 0.541. The Morgan fingerprint density at radius 2 is 2.11 bits per heavy atom. The van der Waals surface area contributed by atoms with E-state index in [1.165, 1.54) is 0 Å². The maximum absolute atomic E-state index is 6.02. The minimum Gasteiger partial charge on any atom is -0.277 e. The number of pyridine rings is 2. The van der Waals surface area contributed by atoms with Gasteiger partial charge in [0, 0.05) is 18.1 Å². The Balaban J connectivity index is 1.83. The van der Waals surface area contributed by atoms with Gasteiger partial charge in [0.2, 0.25) is 0 Å². The van der Waals surface area contributed by atoms with Crippen LogP contribution >= 0.6 is 23.4 Å². The van der Waals surface area contributed by atoms with Gasteiger partial charge in [-0.2, -0.15) is 0 Å². The average molecular weight is 277 g/mol. The largest absolute Gasteiger partial charge is 0.277 e. The lowest BCUT2D eigenvalue weighted by molar-refractivity contribution is 0.921. The molecule has 6 heteroatoms. The number of fused-ring (bicyclic) bond motifs is 1. The van der Waals surface area contributed by atoms with Crippen molar-refractivity contribution in [2.24, 2.45) is 0 Å². The van der Waals surface area contributed by atoms with E-state index in [-0.39, 0.29) is 0 Å². The monoisotopic (exact) mass is 276 g/mol. The summed E-state index contributed by atoms with van der Waals surface area (Å²) in [6.45, 7) is 0. The Labute approximate surface area is 113 Å². The van der Waals surface area contributed by atoms with E-state index in [4.69, 9.17) is 11.6 Å². The van der Waals surface area contributed by atoms with Gasteiger partial charge in [0.15, 0.2) is 10.8 Å². The first-order valence-corrected chi connectivity index (χ1v) is 6.73. The highest BCUT2D eigenvalue weighted by Gasteiger charge is 2.07. The number of aromatic nitrogens is 4. The molecule has 4 nitrogen and oxygen atoms in total. The fourth-order valence-corrected chi connectivity index (χ4v) is 2.76. The molecule has 0 aliphatic heterocycles. The normalized spacial score (nSPS) is 10.9. The number of halogens is 1. The second-order valence-electron chi connectivity index (χ2n) is 3.65. The molecule has 3 aromatic rings. The topological polar surface area (TPSA) is 43.1 Å². The third-order valence-electron chi connectivity index (χ3n) is 2.48. The van der Waals surface area contributed by atoms with Crippen molar-refractivity contribution in [2.45, 2.75) is 10.9 Å². The van der Waals surface area contributed by atoms with E-state index < -0.39 is 0 Å². The van der Waals surface area contributed by atoms with Crippen molar-refractivity contribution in [1.29, 1.82) is 0 Å². The molecule has 0 amide bonds. The molecule has 0 aliphatic carbocycles. The van der Waals surface area contributed by atoms with Crippen LogP contribution < -0.4 is 0 Å². The van der Waals surface area contributed by atoms with Crippen LogP contribution in [-0.2, 0) is 5.75 Å². The zero-order valence-electron chi connectivity index (χ0n) is 9.32. The molecule has 90 valence electrons. The molecule has 0 N–H and O–H groups in total. The maximum Gasteiger partial charge on any atom is 0.195 e. The highest BCUT2D eigenvalue weighted by Crippen LogP contribution is 2.24. The highest BCUT2D eigenvalue weighted by atomic mass is 35.5. The molecule has 0 saturated carbocycles. The van der Waals surface area contributed by atoms with Gasteiger partial charge in [-0.05, 0) is 23.8 Å². The summed E-state index contributed by atoms with van der Waals surface area (Å²) in [6, 6.07) is 9.66. The molecule has 0 bridgehead atoms. The molecule has 0 aliphatic rings. The second-order valence-corrected chi connectivity index (χ2v) is 4.95. The Bertz CT molecular complexity index is 682. The van der Waals surface area contributed by atoms with Crippen LogP contribution in [0.2, 0.25) is 5.15 Å². The van der Waals surface area contributed by atoms with Gasteiger partial charge in [-0.3, -0.25) is 4.40 Å². The molecule has 0 radical (unpaired) electrons. The van der Waals surface area contributed by atoms with Crippen molar-refractivity contribution in [1.82, 2.24) is 19.6 Å². The molecule has 0 aromatic carbocycles. The zero-order valence-corrected chi connectivity index (χ0v) is 10.9. The number of thioether (sulfide) groups is 1. The molecule has 0 spiro atoms. The van der Waals surface area contributed by atoms with Crippen molar-refractivity contribution in [2.75, 3.05) is 0 Å². The van der Waals surface area contributed by atoms with Gasteiger partial charge in [0.05, 0.1) is 0 Å². The van der Waals surface area contributed by atoms with Gasteiger partial charge >= 0.3 is 0 Å². The Kier molecular flexibility index (Phi) is 3.17. The van der Waals surface area contributed by atoms with Crippen molar-refractivity contribution < 1.29 is 0 Å². The number of nitrogens with zero attached hydrogens (tertiary/aromatic N) is 4. The van der Waals surface area contributed by atoms with Crippen LogP contribution in [0.25, 0.3) is 5.65 Å². The smallest absolute Gasteiger partial charge is 0.195 e. The quantitative estimate of drug-likeness (QED) is 0.545. The molecule has 0 unspecified atom stereocenters. The predicted octanol–water partition coefficient (Wildman–Crippen LogP) is 3.07. The summed E-state index contributed by atoms with van der Waals surface area (Å²) >= 11 is 7.60. The van der Waals surface area contributed by atoms with E-state index in [9.17, 15) is 0 Å². The zero-order chi connectivity index (χ0) is 12.4. The van der Waals surface area contributed by atoms with Crippen molar-refractivity contribution >= 4 is 29.0 Å². The number of rotatable bonds is 3. The van der Waals surface area contributed by atoms with Gasteiger partial charge in [-0.15, -0.1) is 10.2 Å². The number of hydrogen-bond acceptors (Lipinski definition) is 4. The Morgan fingerprint density at radius 1 is 1.17 bits per heavy atom. The SMILES string of the molecule is Clc1ncccc1CSc1nnc2ccccn12. The van der Waals surface area contributed by atoms with Gasteiger partial charge in [0.1, 0.15) is 5.15 Å². The van der Waals surface area contributed by atoms with Crippen LogP contribution in [0.5, 0.6) is 0 Å². The standard InChI is InChI=1S/C12H9ClN4S/c13-11-9(4-3-6-14-11)8-18-12-16-15-10-5-1-2-7-17(10)12/h1-7H,8H2. The van der Waals surface area contributed by atoms with E-state index in [2.05, 4.69) is 15.2 Å². The third-order valence-corrected chi connectivity index (χ3v) is 3.81. The summed E-state index contributed by atoms with van der Waals surface area (Å²) < 4.78 is 1.95. The molecule has 3 heterocycles. The second kappa shape index (κ2) is 4.96. The van der Waals surface area contributed by atoms with E-state index >= 15 is 0 Å². The van der Waals surface area contributed by atoms with Crippen LogP contribution in [0.1, 0.15) is 5.56 Å². The van der Waals surface area contributed by atoms with E-state index in [1.807, 2.05) is 40.9 Å². The van der Waals surface area contributed by atoms with Crippen LogP contribution in [0.3, 0.4) is 0 Å². The van der Waals surface area contributed by atoms with Gasteiger partial charge in [-0.25, -0.2) is 4.98 Å². The summed E-state index contributed by atoms with van der Waals surface area (Å²) in [6.07, 6.45) is 3.63. The summed E-state index contributed by atoms with van der Waals surface area (Å²) in [7, 11) is 0. The maximum atomic E-state index is 6.02. The van der Waals surface area contributed by atoms with Crippen LogP contribution in [0, 0.1) is 0 Å². The first-order valence-electron chi connectivity index (χ1n) is 5.36. The van der Waals surface area contributed by atoms with Crippen molar-refractivity contribution in [3.05, 3.63) is 53.4 Å².